The van der Waals surface area contributed by atoms with Crippen molar-refractivity contribution in [2.75, 3.05) is 13.2 Å². The van der Waals surface area contributed by atoms with Gasteiger partial charge in [-0.25, -0.2) is 0 Å². The van der Waals surface area contributed by atoms with Crippen LogP contribution in [-0.4, -0.2) is 24.4 Å². The van der Waals surface area contributed by atoms with E-state index in [9.17, 15) is 5.11 Å². The average molecular weight is 184 g/mol. The highest BCUT2D eigenvalue weighted by Crippen LogP contribution is 2.33. The van der Waals surface area contributed by atoms with E-state index in [2.05, 4.69) is 0 Å². The lowest BCUT2D eigenvalue weighted by molar-refractivity contribution is 0.0102. The summed E-state index contributed by atoms with van der Waals surface area (Å²) < 4.78 is 5.30. The van der Waals surface area contributed by atoms with Gasteiger partial charge in [0, 0.05) is 13.2 Å². The Morgan fingerprint density at radius 3 is 2.38 bits per heavy atom. The first-order valence-electron chi connectivity index (χ1n) is 5.62. The van der Waals surface area contributed by atoms with Gasteiger partial charge >= 0.3 is 0 Å². The van der Waals surface area contributed by atoms with Crippen LogP contribution in [0.3, 0.4) is 0 Å². The summed E-state index contributed by atoms with van der Waals surface area (Å²) in [5.41, 5.74) is 0. The van der Waals surface area contributed by atoms with E-state index in [-0.39, 0.29) is 6.10 Å². The summed E-state index contributed by atoms with van der Waals surface area (Å²) in [5, 5.41) is 9.88. The Morgan fingerprint density at radius 2 is 1.85 bits per heavy atom. The number of aliphatic hydroxyl groups excluding tert-OH is 1. The normalized spacial score (nSPS) is 28.4. The van der Waals surface area contributed by atoms with Crippen molar-refractivity contribution in [2.45, 2.75) is 44.6 Å². The summed E-state index contributed by atoms with van der Waals surface area (Å²) in [6.45, 7) is 1.81. The molecule has 1 saturated carbocycles. The maximum absolute atomic E-state index is 9.88. The van der Waals surface area contributed by atoms with Crippen LogP contribution in [0.4, 0.5) is 0 Å². The monoisotopic (exact) mass is 184 g/mol. The Labute approximate surface area is 80.3 Å². The van der Waals surface area contributed by atoms with Gasteiger partial charge in [0.2, 0.25) is 0 Å². The van der Waals surface area contributed by atoms with Gasteiger partial charge in [0.15, 0.2) is 0 Å². The van der Waals surface area contributed by atoms with E-state index in [4.69, 9.17) is 4.74 Å². The minimum Gasteiger partial charge on any atom is -0.393 e. The molecule has 2 fully saturated rings. The van der Waals surface area contributed by atoms with E-state index in [1.165, 1.54) is 19.3 Å². The number of rotatable bonds is 3. The van der Waals surface area contributed by atoms with Crippen molar-refractivity contribution in [2.24, 2.45) is 11.8 Å². The summed E-state index contributed by atoms with van der Waals surface area (Å²) in [6, 6.07) is 0. The maximum Gasteiger partial charge on any atom is 0.0571 e. The van der Waals surface area contributed by atoms with Gasteiger partial charge in [-0.05, 0) is 43.9 Å². The second-order valence-corrected chi connectivity index (χ2v) is 4.55. The zero-order valence-electron chi connectivity index (χ0n) is 8.24. The molecule has 1 saturated heterocycles. The van der Waals surface area contributed by atoms with Crippen molar-refractivity contribution in [3.63, 3.8) is 0 Å². The second-order valence-electron chi connectivity index (χ2n) is 4.55. The molecule has 76 valence electrons. The van der Waals surface area contributed by atoms with Crippen LogP contribution >= 0.6 is 0 Å². The summed E-state index contributed by atoms with van der Waals surface area (Å²) in [4.78, 5) is 0. The SMILES string of the molecule is OC(CC1CCOCC1)C1CCC1. The maximum atomic E-state index is 9.88. The fourth-order valence-electron chi connectivity index (χ4n) is 2.34. The molecular formula is C11H20O2. The third-order valence-corrected chi connectivity index (χ3v) is 3.61. The molecule has 1 atom stereocenters. The minimum atomic E-state index is -0.0168. The molecule has 0 aromatic heterocycles. The third-order valence-electron chi connectivity index (χ3n) is 3.61. The Kier molecular flexibility index (Phi) is 3.23. The first kappa shape index (κ1) is 9.47. The average Bonchev–Trinajstić information content (AvgIpc) is 2.02. The Morgan fingerprint density at radius 1 is 1.15 bits per heavy atom. The summed E-state index contributed by atoms with van der Waals surface area (Å²) in [6.07, 6.45) is 7.16. The van der Waals surface area contributed by atoms with Crippen molar-refractivity contribution in [3.8, 4) is 0 Å². The second kappa shape index (κ2) is 4.43. The summed E-state index contributed by atoms with van der Waals surface area (Å²) in [7, 11) is 0. The smallest absolute Gasteiger partial charge is 0.0571 e. The van der Waals surface area contributed by atoms with Crippen molar-refractivity contribution >= 4 is 0 Å². The molecule has 1 N–H and O–H groups in total. The molecule has 2 heteroatoms. The lowest BCUT2D eigenvalue weighted by Crippen LogP contribution is -2.30. The molecule has 13 heavy (non-hydrogen) atoms. The first-order chi connectivity index (χ1) is 6.36. The topological polar surface area (TPSA) is 29.5 Å². The zero-order chi connectivity index (χ0) is 9.10. The Hall–Kier alpha value is -0.0800. The van der Waals surface area contributed by atoms with Gasteiger partial charge in [-0.2, -0.15) is 0 Å². The fraction of sp³-hybridized carbons (Fsp3) is 1.00. The minimum absolute atomic E-state index is 0.0168. The van der Waals surface area contributed by atoms with Gasteiger partial charge in [-0.3, -0.25) is 0 Å². The van der Waals surface area contributed by atoms with Gasteiger partial charge in [0.1, 0.15) is 0 Å². The van der Waals surface area contributed by atoms with Crippen molar-refractivity contribution < 1.29 is 9.84 Å². The molecule has 2 nitrogen and oxygen atoms in total. The number of ether oxygens (including phenoxy) is 1. The molecule has 1 aliphatic heterocycles. The number of aliphatic hydroxyl groups is 1. The quantitative estimate of drug-likeness (QED) is 0.726. The van der Waals surface area contributed by atoms with Gasteiger partial charge in [0.25, 0.3) is 0 Å². The third kappa shape index (κ3) is 2.44. The largest absolute Gasteiger partial charge is 0.393 e. The van der Waals surface area contributed by atoms with Gasteiger partial charge in [-0.1, -0.05) is 6.42 Å². The molecule has 0 aromatic carbocycles. The van der Waals surface area contributed by atoms with E-state index >= 15 is 0 Å². The Bertz CT molecular complexity index is 148. The molecular weight excluding hydrogens is 164 g/mol. The summed E-state index contributed by atoms with van der Waals surface area (Å²) in [5.74, 6) is 1.35. The van der Waals surface area contributed by atoms with E-state index in [1.807, 2.05) is 0 Å². The van der Waals surface area contributed by atoms with Crippen LogP contribution in [0.2, 0.25) is 0 Å². The van der Waals surface area contributed by atoms with Crippen LogP contribution in [0.15, 0.2) is 0 Å². The lowest BCUT2D eigenvalue weighted by Gasteiger charge is -2.33. The van der Waals surface area contributed by atoms with Crippen LogP contribution in [0.5, 0.6) is 0 Å². The van der Waals surface area contributed by atoms with Crippen LogP contribution in [0.1, 0.15) is 38.5 Å². The van der Waals surface area contributed by atoms with E-state index in [0.717, 1.165) is 38.4 Å². The first-order valence-corrected chi connectivity index (χ1v) is 5.62. The van der Waals surface area contributed by atoms with Gasteiger partial charge in [-0.15, -0.1) is 0 Å². The summed E-state index contributed by atoms with van der Waals surface area (Å²) >= 11 is 0. The standard InChI is InChI=1S/C11H20O2/c12-11(10-2-1-3-10)8-9-4-6-13-7-5-9/h9-12H,1-8H2. The van der Waals surface area contributed by atoms with Gasteiger partial charge < -0.3 is 9.84 Å². The molecule has 2 aliphatic rings. The predicted octanol–water partition coefficient (Wildman–Crippen LogP) is 1.96. The fourth-order valence-corrected chi connectivity index (χ4v) is 2.34. The van der Waals surface area contributed by atoms with Gasteiger partial charge in [0.05, 0.1) is 6.10 Å². The van der Waals surface area contributed by atoms with E-state index < -0.39 is 0 Å². The van der Waals surface area contributed by atoms with Crippen LogP contribution in [0, 0.1) is 11.8 Å². The molecule has 0 aromatic rings. The number of hydrogen-bond donors (Lipinski definition) is 1. The molecule has 0 spiro atoms. The van der Waals surface area contributed by atoms with Crippen molar-refractivity contribution in [1.82, 2.24) is 0 Å². The molecule has 1 unspecified atom stereocenters. The zero-order valence-corrected chi connectivity index (χ0v) is 8.24. The van der Waals surface area contributed by atoms with Crippen LogP contribution < -0.4 is 0 Å². The lowest BCUT2D eigenvalue weighted by atomic mass is 9.77. The molecule has 0 amide bonds. The highest BCUT2D eigenvalue weighted by molar-refractivity contribution is 4.79. The molecule has 2 rings (SSSR count). The van der Waals surface area contributed by atoms with E-state index in [1.54, 1.807) is 0 Å². The molecule has 0 bridgehead atoms. The van der Waals surface area contributed by atoms with Crippen molar-refractivity contribution in [1.29, 1.82) is 0 Å². The molecule has 1 heterocycles. The predicted molar refractivity (Wildman–Crippen MR) is 51.5 cm³/mol. The van der Waals surface area contributed by atoms with Crippen LogP contribution in [-0.2, 0) is 4.74 Å². The number of hydrogen-bond acceptors (Lipinski definition) is 2. The highest BCUT2D eigenvalue weighted by Gasteiger charge is 2.28. The highest BCUT2D eigenvalue weighted by atomic mass is 16.5. The van der Waals surface area contributed by atoms with Crippen LogP contribution in [0.25, 0.3) is 0 Å². The van der Waals surface area contributed by atoms with E-state index in [0.29, 0.717) is 5.92 Å². The Balaban J connectivity index is 1.69. The molecule has 0 radical (unpaired) electrons. The van der Waals surface area contributed by atoms with Crippen molar-refractivity contribution in [3.05, 3.63) is 0 Å². The molecule has 1 aliphatic carbocycles.